The molecule has 1 amide bonds. The van der Waals surface area contributed by atoms with Gasteiger partial charge in [0.05, 0.1) is 12.3 Å². The molecule has 0 unspecified atom stereocenters. The van der Waals surface area contributed by atoms with Crippen molar-refractivity contribution in [3.63, 3.8) is 0 Å². The van der Waals surface area contributed by atoms with Crippen LogP contribution in [0.4, 0.5) is 17.3 Å². The summed E-state index contributed by atoms with van der Waals surface area (Å²) in [5, 5.41) is 2.88. The summed E-state index contributed by atoms with van der Waals surface area (Å²) in [6, 6.07) is 17.2. The number of anilines is 3. The number of carbonyl (C=O) groups excluding carboxylic acids is 1. The van der Waals surface area contributed by atoms with Gasteiger partial charge in [0.25, 0.3) is 5.91 Å². The zero-order valence-electron chi connectivity index (χ0n) is 15.1. The summed E-state index contributed by atoms with van der Waals surface area (Å²) < 4.78 is 5.56. The first-order valence-electron chi connectivity index (χ1n) is 8.98. The second-order valence-electron chi connectivity index (χ2n) is 6.16. The van der Waals surface area contributed by atoms with Crippen LogP contribution in [0.3, 0.4) is 0 Å². The highest BCUT2D eigenvalue weighted by molar-refractivity contribution is 6.03. The van der Waals surface area contributed by atoms with Crippen molar-refractivity contribution >= 4 is 23.2 Å². The minimum absolute atomic E-state index is 0.293. The molecule has 1 aliphatic rings. The maximum atomic E-state index is 12.7. The zero-order valence-corrected chi connectivity index (χ0v) is 15.1. The van der Waals surface area contributed by atoms with Crippen LogP contribution in [0.25, 0.3) is 0 Å². The summed E-state index contributed by atoms with van der Waals surface area (Å²) in [7, 11) is 0. The van der Waals surface area contributed by atoms with Gasteiger partial charge in [0.15, 0.2) is 0 Å². The van der Waals surface area contributed by atoms with Crippen LogP contribution in [-0.2, 0) is 6.42 Å². The van der Waals surface area contributed by atoms with E-state index in [4.69, 9.17) is 4.74 Å². The summed E-state index contributed by atoms with van der Waals surface area (Å²) in [5.41, 5.74) is 3.30. The summed E-state index contributed by atoms with van der Waals surface area (Å²) in [6.07, 6.45) is 2.56. The zero-order chi connectivity index (χ0) is 18.6. The van der Waals surface area contributed by atoms with Gasteiger partial charge in [0.1, 0.15) is 11.4 Å². The Morgan fingerprint density at radius 3 is 2.85 bits per heavy atom. The normalized spacial score (nSPS) is 12.6. The van der Waals surface area contributed by atoms with Gasteiger partial charge < -0.3 is 15.0 Å². The van der Waals surface area contributed by atoms with E-state index < -0.39 is 0 Å². The van der Waals surface area contributed by atoms with Crippen molar-refractivity contribution in [3.05, 3.63) is 72.1 Å². The Morgan fingerprint density at radius 1 is 1.15 bits per heavy atom. The van der Waals surface area contributed by atoms with Gasteiger partial charge in [-0.25, -0.2) is 9.97 Å². The molecule has 0 aliphatic carbocycles. The van der Waals surface area contributed by atoms with E-state index in [1.807, 2.05) is 48.2 Å². The maximum absolute atomic E-state index is 12.7. The van der Waals surface area contributed by atoms with Crippen LogP contribution in [0.15, 0.2) is 60.8 Å². The van der Waals surface area contributed by atoms with E-state index in [1.54, 1.807) is 12.3 Å². The van der Waals surface area contributed by atoms with E-state index in [9.17, 15) is 4.79 Å². The van der Waals surface area contributed by atoms with Crippen molar-refractivity contribution in [1.82, 2.24) is 9.97 Å². The number of carbonyl (C=O) groups is 1. The van der Waals surface area contributed by atoms with E-state index in [0.717, 1.165) is 18.7 Å². The third kappa shape index (κ3) is 3.46. The van der Waals surface area contributed by atoms with Crippen LogP contribution in [0.1, 0.15) is 23.0 Å². The third-order valence-electron chi connectivity index (χ3n) is 4.44. The van der Waals surface area contributed by atoms with Gasteiger partial charge in [0, 0.05) is 18.4 Å². The lowest BCUT2D eigenvalue weighted by Gasteiger charge is -2.17. The number of hydrogen-bond acceptors (Lipinski definition) is 5. The number of hydrogen-bond donors (Lipinski definition) is 1. The van der Waals surface area contributed by atoms with Crippen LogP contribution in [0.5, 0.6) is 5.75 Å². The number of amides is 1. The Labute approximate surface area is 157 Å². The van der Waals surface area contributed by atoms with Crippen LogP contribution < -0.4 is 15.0 Å². The summed E-state index contributed by atoms with van der Waals surface area (Å²) in [6.45, 7) is 3.24. The molecule has 2 heterocycles. The third-order valence-corrected chi connectivity index (χ3v) is 4.44. The SMILES string of the molecule is CCOc1ccccc1NC(=O)c1ccnc(N2CCc3ccccc32)n1. The van der Waals surface area contributed by atoms with Gasteiger partial charge in [-0.15, -0.1) is 0 Å². The predicted octanol–water partition coefficient (Wildman–Crippen LogP) is 3.82. The van der Waals surface area contributed by atoms with Crippen molar-refractivity contribution in [2.45, 2.75) is 13.3 Å². The van der Waals surface area contributed by atoms with E-state index in [1.165, 1.54) is 5.56 Å². The molecule has 0 saturated heterocycles. The van der Waals surface area contributed by atoms with Crippen LogP contribution in [0, 0.1) is 0 Å². The van der Waals surface area contributed by atoms with Crippen LogP contribution >= 0.6 is 0 Å². The molecule has 0 fully saturated rings. The number of fused-ring (bicyclic) bond motifs is 1. The first-order chi connectivity index (χ1) is 13.3. The van der Waals surface area contributed by atoms with Crippen molar-refractivity contribution in [3.8, 4) is 5.75 Å². The fraction of sp³-hybridized carbons (Fsp3) is 0.190. The molecule has 27 heavy (non-hydrogen) atoms. The molecule has 0 atom stereocenters. The average Bonchev–Trinajstić information content (AvgIpc) is 3.14. The smallest absolute Gasteiger partial charge is 0.274 e. The molecule has 4 rings (SSSR count). The number of nitrogens with zero attached hydrogens (tertiary/aromatic N) is 3. The molecule has 0 radical (unpaired) electrons. The molecule has 136 valence electrons. The van der Waals surface area contributed by atoms with Gasteiger partial charge >= 0.3 is 0 Å². The van der Waals surface area contributed by atoms with E-state index in [2.05, 4.69) is 27.4 Å². The van der Waals surface area contributed by atoms with Crippen molar-refractivity contribution in [1.29, 1.82) is 0 Å². The van der Waals surface area contributed by atoms with Crippen molar-refractivity contribution in [2.75, 3.05) is 23.4 Å². The standard InChI is InChI=1S/C21H20N4O2/c1-2-27-19-10-6-4-8-16(19)23-20(26)17-11-13-22-21(24-17)25-14-12-15-7-3-5-9-18(15)25/h3-11,13H,2,12,14H2,1H3,(H,23,26). The number of rotatable bonds is 5. The van der Waals surface area contributed by atoms with Crippen LogP contribution in [0.2, 0.25) is 0 Å². The molecule has 6 heteroatoms. The van der Waals surface area contributed by atoms with Gasteiger partial charge in [-0.05, 0) is 43.2 Å². The first-order valence-corrected chi connectivity index (χ1v) is 8.98. The lowest BCUT2D eigenvalue weighted by molar-refractivity contribution is 0.102. The number of para-hydroxylation sites is 3. The summed E-state index contributed by atoms with van der Waals surface area (Å²) in [5.74, 6) is 0.875. The summed E-state index contributed by atoms with van der Waals surface area (Å²) >= 11 is 0. The lowest BCUT2D eigenvalue weighted by atomic mass is 10.2. The van der Waals surface area contributed by atoms with Gasteiger partial charge in [-0.3, -0.25) is 4.79 Å². The molecule has 1 aromatic heterocycles. The molecule has 1 aliphatic heterocycles. The quantitative estimate of drug-likeness (QED) is 0.749. The Morgan fingerprint density at radius 2 is 1.96 bits per heavy atom. The molecule has 1 N–H and O–H groups in total. The van der Waals surface area contributed by atoms with E-state index >= 15 is 0 Å². The van der Waals surface area contributed by atoms with E-state index in [0.29, 0.717) is 29.7 Å². The molecular formula is C21H20N4O2. The fourth-order valence-electron chi connectivity index (χ4n) is 3.19. The highest BCUT2D eigenvalue weighted by Crippen LogP contribution is 2.32. The molecule has 0 bridgehead atoms. The fourth-order valence-corrected chi connectivity index (χ4v) is 3.19. The highest BCUT2D eigenvalue weighted by Gasteiger charge is 2.22. The van der Waals surface area contributed by atoms with Gasteiger partial charge in [-0.1, -0.05) is 30.3 Å². The topological polar surface area (TPSA) is 67.3 Å². The number of ether oxygens (including phenoxy) is 1. The predicted molar refractivity (Wildman–Crippen MR) is 105 cm³/mol. The molecule has 3 aromatic rings. The first kappa shape index (κ1) is 17.0. The molecule has 6 nitrogen and oxygen atoms in total. The van der Waals surface area contributed by atoms with Crippen molar-refractivity contribution in [2.24, 2.45) is 0 Å². The minimum atomic E-state index is -0.293. The Balaban J connectivity index is 1.57. The maximum Gasteiger partial charge on any atom is 0.274 e. The number of aromatic nitrogens is 2. The van der Waals surface area contributed by atoms with E-state index in [-0.39, 0.29) is 5.91 Å². The Kier molecular flexibility index (Phi) is 4.70. The molecular weight excluding hydrogens is 340 g/mol. The number of nitrogens with one attached hydrogen (secondary N) is 1. The monoisotopic (exact) mass is 360 g/mol. The van der Waals surface area contributed by atoms with Gasteiger partial charge in [-0.2, -0.15) is 0 Å². The second-order valence-corrected chi connectivity index (χ2v) is 6.16. The second kappa shape index (κ2) is 7.45. The minimum Gasteiger partial charge on any atom is -0.492 e. The summed E-state index contributed by atoms with van der Waals surface area (Å²) in [4.78, 5) is 23.6. The van der Waals surface area contributed by atoms with Gasteiger partial charge in [0.2, 0.25) is 5.95 Å². The highest BCUT2D eigenvalue weighted by atomic mass is 16.5. The molecule has 0 spiro atoms. The number of benzene rings is 2. The largest absolute Gasteiger partial charge is 0.492 e. The van der Waals surface area contributed by atoms with Crippen LogP contribution in [-0.4, -0.2) is 29.0 Å². The molecule has 0 saturated carbocycles. The van der Waals surface area contributed by atoms with Crippen molar-refractivity contribution < 1.29 is 9.53 Å². The molecule has 2 aromatic carbocycles. The Hall–Kier alpha value is -3.41. The Bertz CT molecular complexity index is 974. The lowest BCUT2D eigenvalue weighted by Crippen LogP contribution is -2.20. The average molecular weight is 360 g/mol.